The van der Waals surface area contributed by atoms with E-state index in [4.69, 9.17) is 16.3 Å². The van der Waals surface area contributed by atoms with Gasteiger partial charge in [0.1, 0.15) is 11.8 Å². The zero-order valence-electron chi connectivity index (χ0n) is 17.0. The van der Waals surface area contributed by atoms with E-state index in [0.717, 1.165) is 31.2 Å². The maximum absolute atomic E-state index is 13.6. The molecule has 4 rings (SSSR count). The third-order valence-corrected chi connectivity index (χ3v) is 6.46. The predicted molar refractivity (Wildman–Crippen MR) is 114 cm³/mol. The van der Waals surface area contributed by atoms with Gasteiger partial charge in [-0.2, -0.15) is 0 Å². The maximum atomic E-state index is 13.6. The highest BCUT2D eigenvalue weighted by Gasteiger charge is 2.53. The van der Waals surface area contributed by atoms with E-state index in [0.29, 0.717) is 23.0 Å². The third kappa shape index (κ3) is 4.07. The molecule has 7 heteroatoms. The van der Waals surface area contributed by atoms with E-state index in [9.17, 15) is 9.59 Å². The van der Waals surface area contributed by atoms with Crippen molar-refractivity contribution in [2.75, 3.05) is 6.61 Å². The van der Waals surface area contributed by atoms with Crippen LogP contribution >= 0.6 is 11.6 Å². The van der Waals surface area contributed by atoms with Crippen LogP contribution in [0.2, 0.25) is 5.02 Å². The minimum atomic E-state index is -0.751. The average molecular weight is 428 g/mol. The summed E-state index contributed by atoms with van der Waals surface area (Å²) < 4.78 is 6.20. The summed E-state index contributed by atoms with van der Waals surface area (Å²) in [4.78, 5) is 32.4. The fourth-order valence-corrected chi connectivity index (χ4v) is 4.57. The Kier molecular flexibility index (Phi) is 6.06. The van der Waals surface area contributed by atoms with Gasteiger partial charge in [-0.1, -0.05) is 36.7 Å². The number of halogens is 1. The molecular weight excluding hydrogens is 402 g/mol. The number of hydrogen-bond acceptors (Lipinski definition) is 4. The molecule has 1 N–H and O–H groups in total. The Morgan fingerprint density at radius 1 is 1.23 bits per heavy atom. The number of rotatable bonds is 4. The Bertz CT molecular complexity index is 913. The van der Waals surface area contributed by atoms with Gasteiger partial charge in [0.2, 0.25) is 5.91 Å². The number of benzene rings is 1. The molecule has 30 heavy (non-hydrogen) atoms. The summed E-state index contributed by atoms with van der Waals surface area (Å²) in [7, 11) is 0. The van der Waals surface area contributed by atoms with Gasteiger partial charge in [-0.3, -0.25) is 19.5 Å². The smallest absolute Gasteiger partial charge is 0.258 e. The summed E-state index contributed by atoms with van der Waals surface area (Å²) in [5.41, 5.74) is 0.543. The van der Waals surface area contributed by atoms with Gasteiger partial charge in [0.05, 0.1) is 17.2 Å². The van der Waals surface area contributed by atoms with E-state index in [1.807, 2.05) is 12.1 Å². The number of aromatic nitrogens is 1. The summed E-state index contributed by atoms with van der Waals surface area (Å²) in [6, 6.07) is 9.99. The molecule has 1 aromatic carbocycles. The van der Waals surface area contributed by atoms with Crippen LogP contribution in [0.5, 0.6) is 0 Å². The first-order chi connectivity index (χ1) is 14.5. The maximum Gasteiger partial charge on any atom is 0.258 e. The van der Waals surface area contributed by atoms with Crippen LogP contribution in [-0.2, 0) is 16.1 Å². The topological polar surface area (TPSA) is 71.5 Å². The van der Waals surface area contributed by atoms with Crippen molar-refractivity contribution in [3.63, 3.8) is 0 Å². The van der Waals surface area contributed by atoms with E-state index in [1.54, 1.807) is 41.6 Å². The molecule has 0 unspecified atom stereocenters. The van der Waals surface area contributed by atoms with Crippen molar-refractivity contribution in [3.8, 4) is 0 Å². The number of hydrogen-bond donors (Lipinski definition) is 1. The molecule has 2 heterocycles. The number of carbonyl (C=O) groups is 2. The second-order valence-electron chi connectivity index (χ2n) is 8.19. The lowest BCUT2D eigenvalue weighted by Gasteiger charge is -2.43. The van der Waals surface area contributed by atoms with Crippen LogP contribution in [0, 0.1) is 5.92 Å². The fraction of sp³-hybridized carbons (Fsp3) is 0.435. The molecule has 2 aromatic rings. The van der Waals surface area contributed by atoms with E-state index in [-0.39, 0.29) is 18.4 Å². The molecule has 1 aliphatic heterocycles. The number of nitrogens with zero attached hydrogens (tertiary/aromatic N) is 2. The third-order valence-electron chi connectivity index (χ3n) is 6.13. The number of pyridine rings is 1. The fourth-order valence-electron chi connectivity index (χ4n) is 4.35. The van der Waals surface area contributed by atoms with Crippen LogP contribution in [0.1, 0.15) is 48.5 Å². The average Bonchev–Trinajstić information content (AvgIpc) is 3.14. The molecule has 158 valence electrons. The zero-order valence-corrected chi connectivity index (χ0v) is 17.8. The molecule has 0 radical (unpaired) electrons. The van der Waals surface area contributed by atoms with Gasteiger partial charge in [0, 0.05) is 18.9 Å². The summed E-state index contributed by atoms with van der Waals surface area (Å²) in [5, 5.41) is 3.31. The number of ether oxygens (including phenoxy) is 1. The van der Waals surface area contributed by atoms with Crippen LogP contribution in [0.4, 0.5) is 0 Å². The highest BCUT2D eigenvalue weighted by atomic mass is 35.5. The second kappa shape index (κ2) is 8.74. The minimum Gasteiger partial charge on any atom is -0.353 e. The molecular formula is C23H26ClN3O3. The summed E-state index contributed by atoms with van der Waals surface area (Å²) in [6.45, 7) is 2.74. The van der Waals surface area contributed by atoms with Crippen LogP contribution in [0.15, 0.2) is 48.8 Å². The molecule has 0 bridgehead atoms. The lowest BCUT2D eigenvalue weighted by molar-refractivity contribution is -0.128. The molecule has 2 aliphatic rings. The molecule has 6 nitrogen and oxygen atoms in total. The van der Waals surface area contributed by atoms with Crippen LogP contribution in [0.3, 0.4) is 0 Å². The van der Waals surface area contributed by atoms with E-state index in [1.165, 1.54) is 0 Å². The Balaban J connectivity index is 1.59. The molecule has 1 saturated carbocycles. The van der Waals surface area contributed by atoms with Gasteiger partial charge in [0.15, 0.2) is 0 Å². The van der Waals surface area contributed by atoms with Crippen LogP contribution in [0.25, 0.3) is 0 Å². The monoisotopic (exact) mass is 427 g/mol. The predicted octanol–water partition coefficient (Wildman–Crippen LogP) is 3.80. The van der Waals surface area contributed by atoms with Crippen molar-refractivity contribution in [2.24, 2.45) is 5.92 Å². The molecule has 1 saturated heterocycles. The Morgan fingerprint density at radius 3 is 2.70 bits per heavy atom. The molecule has 2 amide bonds. The van der Waals surface area contributed by atoms with Gasteiger partial charge < -0.3 is 10.1 Å². The first-order valence-corrected chi connectivity index (χ1v) is 10.8. The van der Waals surface area contributed by atoms with Gasteiger partial charge in [-0.15, -0.1) is 0 Å². The molecule has 2 fully saturated rings. The van der Waals surface area contributed by atoms with Crippen molar-refractivity contribution in [2.45, 2.75) is 50.9 Å². The number of carbonyl (C=O) groups excluding carboxylic acids is 2. The zero-order chi connectivity index (χ0) is 21.1. The van der Waals surface area contributed by atoms with Gasteiger partial charge in [-0.25, -0.2) is 0 Å². The van der Waals surface area contributed by atoms with Crippen LogP contribution < -0.4 is 5.32 Å². The quantitative estimate of drug-likeness (QED) is 0.805. The van der Waals surface area contributed by atoms with Crippen LogP contribution in [-0.4, -0.2) is 40.1 Å². The molecule has 1 aromatic heterocycles. The van der Waals surface area contributed by atoms with E-state index >= 15 is 0 Å². The molecule has 1 atom stereocenters. The van der Waals surface area contributed by atoms with Crippen molar-refractivity contribution >= 4 is 23.4 Å². The Labute approximate surface area is 181 Å². The van der Waals surface area contributed by atoms with Gasteiger partial charge in [-0.05, 0) is 55.4 Å². The highest BCUT2D eigenvalue weighted by Crippen LogP contribution is 2.43. The minimum absolute atomic E-state index is 0.184. The number of amides is 2. The van der Waals surface area contributed by atoms with Crippen molar-refractivity contribution < 1.29 is 14.3 Å². The lowest BCUT2D eigenvalue weighted by Crippen LogP contribution is -2.56. The first-order valence-electron chi connectivity index (χ1n) is 10.4. The Hall–Kier alpha value is -2.44. The summed E-state index contributed by atoms with van der Waals surface area (Å²) >= 11 is 6.32. The first kappa shape index (κ1) is 20.8. The van der Waals surface area contributed by atoms with E-state index < -0.39 is 11.8 Å². The molecule has 1 spiro atoms. The summed E-state index contributed by atoms with van der Waals surface area (Å²) in [5.74, 6) is 0.0962. The highest BCUT2D eigenvalue weighted by molar-refractivity contribution is 6.33. The second-order valence-corrected chi connectivity index (χ2v) is 8.60. The number of nitrogens with one attached hydrogen (secondary N) is 1. The van der Waals surface area contributed by atoms with Crippen molar-refractivity contribution in [3.05, 3.63) is 64.9 Å². The van der Waals surface area contributed by atoms with Crippen molar-refractivity contribution in [1.82, 2.24) is 15.2 Å². The van der Waals surface area contributed by atoms with E-state index in [2.05, 4.69) is 17.2 Å². The van der Waals surface area contributed by atoms with Crippen molar-refractivity contribution in [1.29, 1.82) is 0 Å². The lowest BCUT2D eigenvalue weighted by atomic mass is 9.83. The SMILES string of the molecule is CC1CCC2(CC1)OC[C@H](C(=O)NCc1cccnc1)N2C(=O)c1ccccc1Cl. The Morgan fingerprint density at radius 2 is 2.00 bits per heavy atom. The van der Waals surface area contributed by atoms with Gasteiger partial charge in [0.25, 0.3) is 5.91 Å². The normalized spacial score (nSPS) is 26.0. The summed E-state index contributed by atoms with van der Waals surface area (Å²) in [6.07, 6.45) is 6.75. The molecule has 1 aliphatic carbocycles. The largest absolute Gasteiger partial charge is 0.353 e. The van der Waals surface area contributed by atoms with Gasteiger partial charge >= 0.3 is 0 Å². The standard InChI is InChI=1S/C23H26ClN3O3/c1-16-8-10-23(11-9-16)27(22(29)18-6-2-3-7-19(18)24)20(15-30-23)21(28)26-14-17-5-4-12-25-13-17/h2-7,12-13,16,20H,8-11,14-15H2,1H3,(H,26,28)/t16?,20-,23?/m1/s1.